The fourth-order valence-electron chi connectivity index (χ4n) is 4.80. The number of hydrogen-bond donors (Lipinski definition) is 2. The fraction of sp³-hybridized carbons (Fsp3) is 0.500. The molecule has 0 aliphatic carbocycles. The largest absolute Gasteiger partial charge is 0.424 e. The minimum absolute atomic E-state index is 0.127. The highest BCUT2D eigenvalue weighted by Gasteiger charge is 2.50. The number of nitrogens with zero attached hydrogens (tertiary/aromatic N) is 1. The Bertz CT molecular complexity index is 982. The molecule has 7 heteroatoms. The first-order valence-corrected chi connectivity index (χ1v) is 15.2. The van der Waals surface area contributed by atoms with E-state index in [0.29, 0.717) is 31.6 Å². The molecule has 37 heavy (non-hydrogen) atoms. The molecule has 0 radical (unpaired) electrons. The number of aliphatic hydroxyl groups is 1. The first-order chi connectivity index (χ1) is 17.8. The molecule has 2 aromatic rings. The molecule has 200 valence electrons. The van der Waals surface area contributed by atoms with Crippen LogP contribution in [0.1, 0.15) is 52.9 Å². The van der Waals surface area contributed by atoms with E-state index in [1.165, 1.54) is 0 Å². The zero-order valence-electron chi connectivity index (χ0n) is 22.3. The Hall–Kier alpha value is -2.47. The fourth-order valence-corrected chi connectivity index (χ4v) is 8.55. The second-order valence-electron chi connectivity index (χ2n) is 10.3. The molecule has 0 amide bonds. The second kappa shape index (κ2) is 13.9. The SMILES string of the molecule is C#CC1=NO[C@H]([C@@H](CCC(C)(C)[Si](O)(c2ccccc2)c2ccccc2)OC[C@H](O)COCCCC)C1. The molecule has 2 aromatic carbocycles. The Morgan fingerprint density at radius 3 is 2.27 bits per heavy atom. The summed E-state index contributed by atoms with van der Waals surface area (Å²) < 4.78 is 11.7. The molecule has 2 N–H and O–H groups in total. The summed E-state index contributed by atoms with van der Waals surface area (Å²) in [7, 11) is -3.15. The van der Waals surface area contributed by atoms with E-state index in [1.54, 1.807) is 0 Å². The van der Waals surface area contributed by atoms with Gasteiger partial charge < -0.3 is 24.2 Å². The molecular formula is C30H41NO5Si. The van der Waals surface area contributed by atoms with Crippen molar-refractivity contribution in [2.45, 2.75) is 76.2 Å². The minimum Gasteiger partial charge on any atom is -0.424 e. The van der Waals surface area contributed by atoms with Gasteiger partial charge in [0.25, 0.3) is 8.32 Å². The van der Waals surface area contributed by atoms with E-state index in [2.05, 4.69) is 31.8 Å². The van der Waals surface area contributed by atoms with Crippen molar-refractivity contribution in [3.63, 3.8) is 0 Å². The summed E-state index contributed by atoms with van der Waals surface area (Å²) in [5, 5.41) is 15.9. The Balaban J connectivity index is 1.75. The van der Waals surface area contributed by atoms with E-state index in [0.717, 1.165) is 23.2 Å². The van der Waals surface area contributed by atoms with Gasteiger partial charge in [-0.2, -0.15) is 0 Å². The maximum atomic E-state index is 12.5. The van der Waals surface area contributed by atoms with Gasteiger partial charge in [0, 0.05) is 13.0 Å². The van der Waals surface area contributed by atoms with E-state index in [4.69, 9.17) is 20.7 Å². The van der Waals surface area contributed by atoms with Crippen molar-refractivity contribution in [3.8, 4) is 12.3 Å². The van der Waals surface area contributed by atoms with Gasteiger partial charge in [-0.05, 0) is 34.7 Å². The topological polar surface area (TPSA) is 80.5 Å². The molecule has 3 rings (SSSR count). The summed E-state index contributed by atoms with van der Waals surface area (Å²) in [4.78, 5) is 18.1. The van der Waals surface area contributed by atoms with Crippen LogP contribution in [0.2, 0.25) is 5.04 Å². The summed E-state index contributed by atoms with van der Waals surface area (Å²) in [6, 6.07) is 20.0. The van der Waals surface area contributed by atoms with Crippen molar-refractivity contribution in [1.82, 2.24) is 0 Å². The van der Waals surface area contributed by atoms with Gasteiger partial charge in [-0.25, -0.2) is 0 Å². The third-order valence-electron chi connectivity index (χ3n) is 7.15. The van der Waals surface area contributed by atoms with Crippen molar-refractivity contribution in [2.24, 2.45) is 5.16 Å². The average Bonchev–Trinajstić information content (AvgIpc) is 3.40. The lowest BCUT2D eigenvalue weighted by atomic mass is 9.98. The number of ether oxygens (including phenoxy) is 2. The number of aliphatic hydroxyl groups excluding tert-OH is 1. The Labute approximate surface area is 222 Å². The van der Waals surface area contributed by atoms with Crippen LogP contribution in [0.15, 0.2) is 65.8 Å². The monoisotopic (exact) mass is 523 g/mol. The Morgan fingerprint density at radius 1 is 1.11 bits per heavy atom. The van der Waals surface area contributed by atoms with E-state index in [1.807, 2.05) is 60.7 Å². The number of oxime groups is 1. The van der Waals surface area contributed by atoms with Gasteiger partial charge in [0.05, 0.1) is 19.3 Å². The van der Waals surface area contributed by atoms with E-state index < -0.39 is 19.5 Å². The lowest BCUT2D eigenvalue weighted by Crippen LogP contribution is -2.65. The van der Waals surface area contributed by atoms with Crippen LogP contribution < -0.4 is 10.4 Å². The standard InChI is InChI=1S/C30H41NO5Si/c1-5-7-20-34-22-25(32)23-35-28(29-21-24(6-2)31-36-29)18-19-30(3,4)37(33,26-14-10-8-11-15-26)27-16-12-9-13-17-27/h2,8-17,25,28-29,32-33H,5,7,18-23H2,1,3-4H3/t25-,28-,29+/m1/s1. The van der Waals surface area contributed by atoms with Crippen molar-refractivity contribution >= 4 is 24.4 Å². The minimum atomic E-state index is -3.15. The quantitative estimate of drug-likeness (QED) is 0.212. The lowest BCUT2D eigenvalue weighted by molar-refractivity contribution is -0.0966. The smallest absolute Gasteiger partial charge is 0.258 e. The number of rotatable bonds is 15. The maximum absolute atomic E-state index is 12.5. The highest BCUT2D eigenvalue weighted by Crippen LogP contribution is 2.41. The molecule has 0 unspecified atom stereocenters. The van der Waals surface area contributed by atoms with Gasteiger partial charge in [0.15, 0.2) is 6.10 Å². The van der Waals surface area contributed by atoms with Crippen LogP contribution in [0.4, 0.5) is 0 Å². The molecule has 1 aliphatic rings. The van der Waals surface area contributed by atoms with Crippen LogP contribution in [-0.2, 0) is 14.3 Å². The van der Waals surface area contributed by atoms with Crippen LogP contribution in [0.3, 0.4) is 0 Å². The predicted molar refractivity (Wildman–Crippen MR) is 151 cm³/mol. The van der Waals surface area contributed by atoms with Gasteiger partial charge in [0.1, 0.15) is 11.8 Å². The number of hydrogen-bond acceptors (Lipinski definition) is 6. The Kier molecular flexibility index (Phi) is 10.9. The third kappa shape index (κ3) is 7.53. The number of unbranched alkanes of at least 4 members (excludes halogenated alkanes) is 1. The summed E-state index contributed by atoms with van der Waals surface area (Å²) in [6.07, 6.45) is 7.92. The molecule has 6 nitrogen and oxygen atoms in total. The highest BCUT2D eigenvalue weighted by molar-refractivity contribution is 6.98. The third-order valence-corrected chi connectivity index (χ3v) is 11.7. The second-order valence-corrected chi connectivity index (χ2v) is 14.3. The first-order valence-electron chi connectivity index (χ1n) is 13.2. The number of benzene rings is 2. The van der Waals surface area contributed by atoms with Gasteiger partial charge in [0.2, 0.25) is 0 Å². The van der Waals surface area contributed by atoms with Crippen molar-refractivity contribution < 1.29 is 24.2 Å². The van der Waals surface area contributed by atoms with Gasteiger partial charge in [-0.15, -0.1) is 6.42 Å². The summed E-state index contributed by atoms with van der Waals surface area (Å²) in [5.74, 6) is 2.56. The molecule has 0 fully saturated rings. The summed E-state index contributed by atoms with van der Waals surface area (Å²) in [6.45, 7) is 7.34. The summed E-state index contributed by atoms with van der Waals surface area (Å²) in [5.41, 5.74) is 0.556. The van der Waals surface area contributed by atoms with Gasteiger partial charge >= 0.3 is 0 Å². The van der Waals surface area contributed by atoms with E-state index in [-0.39, 0.29) is 25.4 Å². The predicted octanol–water partition coefficient (Wildman–Crippen LogP) is 3.64. The van der Waals surface area contributed by atoms with Crippen molar-refractivity contribution in [2.75, 3.05) is 19.8 Å². The molecule has 0 bridgehead atoms. The maximum Gasteiger partial charge on any atom is 0.258 e. The molecule has 1 heterocycles. The average molecular weight is 524 g/mol. The zero-order valence-corrected chi connectivity index (χ0v) is 23.3. The molecular weight excluding hydrogens is 482 g/mol. The van der Waals surface area contributed by atoms with Crippen LogP contribution in [0.5, 0.6) is 0 Å². The van der Waals surface area contributed by atoms with Crippen LogP contribution in [-0.4, -0.2) is 62.1 Å². The molecule has 0 aromatic heterocycles. The Morgan fingerprint density at radius 2 is 1.73 bits per heavy atom. The molecule has 0 saturated heterocycles. The van der Waals surface area contributed by atoms with Crippen molar-refractivity contribution in [3.05, 3.63) is 60.7 Å². The van der Waals surface area contributed by atoms with E-state index in [9.17, 15) is 9.90 Å². The normalized spacial score (nSPS) is 17.5. The highest BCUT2D eigenvalue weighted by atomic mass is 28.4. The van der Waals surface area contributed by atoms with Crippen LogP contribution in [0.25, 0.3) is 0 Å². The van der Waals surface area contributed by atoms with Crippen LogP contribution >= 0.6 is 0 Å². The van der Waals surface area contributed by atoms with Crippen LogP contribution in [0, 0.1) is 12.3 Å². The molecule has 3 atom stereocenters. The molecule has 0 spiro atoms. The number of terminal acetylenes is 1. The van der Waals surface area contributed by atoms with Gasteiger partial charge in [-0.1, -0.05) is 98.9 Å². The van der Waals surface area contributed by atoms with Crippen molar-refractivity contribution in [1.29, 1.82) is 0 Å². The summed E-state index contributed by atoms with van der Waals surface area (Å²) >= 11 is 0. The van der Waals surface area contributed by atoms with E-state index >= 15 is 0 Å². The molecule has 0 saturated carbocycles. The zero-order chi connectivity index (χ0) is 26.7. The lowest BCUT2D eigenvalue weighted by Gasteiger charge is -2.42. The van der Waals surface area contributed by atoms with Gasteiger partial charge in [-0.3, -0.25) is 0 Å². The first kappa shape index (κ1) is 29.1. The molecule has 1 aliphatic heterocycles.